The third-order valence-corrected chi connectivity index (χ3v) is 3.03. The number of alkyl halides is 3. The van der Waals surface area contributed by atoms with Gasteiger partial charge in [0.15, 0.2) is 5.82 Å². The molecule has 0 aliphatic heterocycles. The summed E-state index contributed by atoms with van der Waals surface area (Å²) in [6, 6.07) is 2.95. The molecule has 0 aliphatic carbocycles. The Labute approximate surface area is 115 Å². The standard InChI is InChI=1S/C12H8F3N5O/c1-20-11(17-18-19-20)8-5-16-9-4-6(12(13,14)15)2-3-7(9)10(8)21/h2-5H,1H3,(H,16,21). The number of aromatic nitrogens is 5. The molecular weight excluding hydrogens is 287 g/mol. The Morgan fingerprint density at radius 1 is 1.24 bits per heavy atom. The van der Waals surface area contributed by atoms with Gasteiger partial charge in [0.05, 0.1) is 16.6 Å². The van der Waals surface area contributed by atoms with E-state index in [1.165, 1.54) is 16.9 Å². The molecule has 3 aromatic rings. The number of halogens is 3. The fraction of sp³-hybridized carbons (Fsp3) is 0.167. The smallest absolute Gasteiger partial charge is 0.416 e. The van der Waals surface area contributed by atoms with Crippen LogP contribution in [0.1, 0.15) is 5.56 Å². The van der Waals surface area contributed by atoms with Crippen LogP contribution in [0.3, 0.4) is 0 Å². The molecule has 0 unspecified atom stereocenters. The predicted molar refractivity (Wildman–Crippen MR) is 66.2 cm³/mol. The molecule has 0 spiro atoms. The fourth-order valence-electron chi connectivity index (χ4n) is 1.98. The lowest BCUT2D eigenvalue weighted by atomic mass is 10.1. The maximum absolute atomic E-state index is 12.7. The summed E-state index contributed by atoms with van der Waals surface area (Å²) in [6.45, 7) is 0. The van der Waals surface area contributed by atoms with E-state index in [4.69, 9.17) is 0 Å². The Balaban J connectivity index is 2.21. The van der Waals surface area contributed by atoms with Crippen LogP contribution in [0, 0.1) is 0 Å². The summed E-state index contributed by atoms with van der Waals surface area (Å²) >= 11 is 0. The quantitative estimate of drug-likeness (QED) is 0.744. The van der Waals surface area contributed by atoms with Gasteiger partial charge in [-0.15, -0.1) is 5.10 Å². The van der Waals surface area contributed by atoms with E-state index in [1.54, 1.807) is 7.05 Å². The van der Waals surface area contributed by atoms with Crippen LogP contribution in [0.15, 0.2) is 24.4 Å². The highest BCUT2D eigenvalue weighted by Crippen LogP contribution is 2.36. The van der Waals surface area contributed by atoms with Gasteiger partial charge in [0.25, 0.3) is 0 Å². The van der Waals surface area contributed by atoms with E-state index in [0.29, 0.717) is 0 Å². The van der Waals surface area contributed by atoms with E-state index in [1.807, 2.05) is 0 Å². The molecule has 0 saturated carbocycles. The second-order valence-electron chi connectivity index (χ2n) is 4.38. The molecule has 0 aliphatic rings. The lowest BCUT2D eigenvalue weighted by Crippen LogP contribution is -2.04. The summed E-state index contributed by atoms with van der Waals surface area (Å²) in [7, 11) is 1.58. The van der Waals surface area contributed by atoms with Crippen molar-refractivity contribution in [3.05, 3.63) is 30.0 Å². The first-order chi connectivity index (χ1) is 9.88. The monoisotopic (exact) mass is 295 g/mol. The lowest BCUT2D eigenvalue weighted by Gasteiger charge is -2.09. The minimum atomic E-state index is -4.46. The Morgan fingerprint density at radius 3 is 2.62 bits per heavy atom. The molecule has 9 heteroatoms. The number of aryl methyl sites for hydroxylation is 1. The predicted octanol–water partition coefficient (Wildman–Crippen LogP) is 2.15. The third-order valence-electron chi connectivity index (χ3n) is 3.03. The second-order valence-corrected chi connectivity index (χ2v) is 4.38. The van der Waals surface area contributed by atoms with Crippen LogP contribution < -0.4 is 0 Å². The van der Waals surface area contributed by atoms with Crippen molar-refractivity contribution in [3.63, 3.8) is 0 Å². The third kappa shape index (κ3) is 2.16. The van der Waals surface area contributed by atoms with Gasteiger partial charge in [-0.25, -0.2) is 4.68 Å². The van der Waals surface area contributed by atoms with Gasteiger partial charge in [0.1, 0.15) is 5.75 Å². The van der Waals surface area contributed by atoms with Gasteiger partial charge in [-0.1, -0.05) is 0 Å². The van der Waals surface area contributed by atoms with Crippen molar-refractivity contribution in [1.82, 2.24) is 25.2 Å². The number of hydrogen-bond donors (Lipinski definition) is 1. The number of pyridine rings is 1. The molecule has 3 rings (SSSR count). The second kappa shape index (κ2) is 4.40. The van der Waals surface area contributed by atoms with Gasteiger partial charge in [0, 0.05) is 18.6 Å². The minimum Gasteiger partial charge on any atom is -0.506 e. The summed E-state index contributed by atoms with van der Waals surface area (Å²) in [5.74, 6) is 0.0495. The molecule has 0 bridgehead atoms. The van der Waals surface area contributed by atoms with Crippen molar-refractivity contribution in [2.24, 2.45) is 7.05 Å². The molecule has 108 valence electrons. The summed E-state index contributed by atoms with van der Waals surface area (Å²) in [6.07, 6.45) is -3.22. The van der Waals surface area contributed by atoms with Crippen LogP contribution in [0.4, 0.5) is 13.2 Å². The van der Waals surface area contributed by atoms with Crippen LogP contribution >= 0.6 is 0 Å². The van der Waals surface area contributed by atoms with Crippen molar-refractivity contribution in [1.29, 1.82) is 0 Å². The zero-order valence-corrected chi connectivity index (χ0v) is 10.6. The first-order valence-electron chi connectivity index (χ1n) is 5.79. The summed E-state index contributed by atoms with van der Waals surface area (Å²) in [5, 5.41) is 21.2. The van der Waals surface area contributed by atoms with E-state index in [2.05, 4.69) is 20.5 Å². The fourth-order valence-corrected chi connectivity index (χ4v) is 1.98. The highest BCUT2D eigenvalue weighted by Gasteiger charge is 2.31. The number of fused-ring (bicyclic) bond motifs is 1. The molecule has 1 aromatic carbocycles. The van der Waals surface area contributed by atoms with Gasteiger partial charge in [-0.05, 0) is 28.6 Å². The van der Waals surface area contributed by atoms with Gasteiger partial charge in [0.2, 0.25) is 0 Å². The Kier molecular flexibility index (Phi) is 2.78. The van der Waals surface area contributed by atoms with E-state index in [-0.39, 0.29) is 28.0 Å². The first kappa shape index (κ1) is 13.3. The van der Waals surface area contributed by atoms with Crippen molar-refractivity contribution in [3.8, 4) is 17.1 Å². The van der Waals surface area contributed by atoms with Gasteiger partial charge in [-0.2, -0.15) is 13.2 Å². The number of hydrogen-bond acceptors (Lipinski definition) is 5. The molecule has 0 fully saturated rings. The van der Waals surface area contributed by atoms with Gasteiger partial charge in [-0.3, -0.25) is 4.98 Å². The first-order valence-corrected chi connectivity index (χ1v) is 5.79. The summed E-state index contributed by atoms with van der Waals surface area (Å²) in [4.78, 5) is 3.94. The Morgan fingerprint density at radius 2 is 2.00 bits per heavy atom. The topological polar surface area (TPSA) is 76.7 Å². The Bertz CT molecular complexity index is 827. The van der Waals surface area contributed by atoms with Crippen LogP contribution in [0.2, 0.25) is 0 Å². The maximum Gasteiger partial charge on any atom is 0.416 e. The van der Waals surface area contributed by atoms with Crippen LogP contribution in [-0.4, -0.2) is 30.3 Å². The number of nitrogens with zero attached hydrogens (tertiary/aromatic N) is 5. The maximum atomic E-state index is 12.7. The lowest BCUT2D eigenvalue weighted by molar-refractivity contribution is -0.137. The highest BCUT2D eigenvalue weighted by atomic mass is 19.4. The molecule has 2 aromatic heterocycles. The molecule has 21 heavy (non-hydrogen) atoms. The van der Waals surface area contributed by atoms with Crippen molar-refractivity contribution < 1.29 is 18.3 Å². The molecular formula is C12H8F3N5O. The highest BCUT2D eigenvalue weighted by molar-refractivity contribution is 5.91. The van der Waals surface area contributed by atoms with Crippen molar-refractivity contribution >= 4 is 10.9 Å². The van der Waals surface area contributed by atoms with Crippen LogP contribution in [0.25, 0.3) is 22.3 Å². The van der Waals surface area contributed by atoms with Crippen molar-refractivity contribution in [2.45, 2.75) is 6.18 Å². The molecule has 0 atom stereocenters. The zero-order valence-electron chi connectivity index (χ0n) is 10.6. The molecule has 0 radical (unpaired) electrons. The molecule has 0 saturated heterocycles. The zero-order chi connectivity index (χ0) is 15.2. The average Bonchev–Trinajstić information content (AvgIpc) is 2.84. The molecule has 0 amide bonds. The molecule has 6 nitrogen and oxygen atoms in total. The van der Waals surface area contributed by atoms with E-state index in [9.17, 15) is 18.3 Å². The largest absolute Gasteiger partial charge is 0.506 e. The molecule has 1 N–H and O–H groups in total. The Hall–Kier alpha value is -2.71. The number of tetrazole rings is 1. The van der Waals surface area contributed by atoms with Crippen LogP contribution in [0.5, 0.6) is 5.75 Å². The summed E-state index contributed by atoms with van der Waals surface area (Å²) < 4.78 is 39.3. The van der Waals surface area contributed by atoms with Crippen molar-refractivity contribution in [2.75, 3.05) is 0 Å². The number of benzene rings is 1. The van der Waals surface area contributed by atoms with E-state index < -0.39 is 11.7 Å². The van der Waals surface area contributed by atoms with E-state index in [0.717, 1.165) is 12.1 Å². The normalized spacial score (nSPS) is 12.0. The minimum absolute atomic E-state index is 0.0428. The summed E-state index contributed by atoms with van der Waals surface area (Å²) in [5.41, 5.74) is -0.536. The van der Waals surface area contributed by atoms with Crippen LogP contribution in [-0.2, 0) is 13.2 Å². The molecule has 2 heterocycles. The number of rotatable bonds is 1. The number of aromatic hydroxyl groups is 1. The average molecular weight is 295 g/mol. The van der Waals surface area contributed by atoms with Gasteiger partial charge < -0.3 is 5.11 Å². The van der Waals surface area contributed by atoms with E-state index >= 15 is 0 Å². The SMILES string of the molecule is Cn1nnnc1-c1cnc2cc(C(F)(F)F)ccc2c1O. The van der Waals surface area contributed by atoms with Gasteiger partial charge >= 0.3 is 6.18 Å².